The number of carbonyl (C=O) groups is 2. The second-order valence-electron chi connectivity index (χ2n) is 16.6. The van der Waals surface area contributed by atoms with E-state index in [1.54, 1.807) is 27.0 Å². The second kappa shape index (κ2) is 16.2. The van der Waals surface area contributed by atoms with Crippen LogP contribution < -0.4 is 9.46 Å². The van der Waals surface area contributed by atoms with Crippen molar-refractivity contribution in [1.29, 1.82) is 0 Å². The third-order valence-corrected chi connectivity index (χ3v) is 13.8. The minimum atomic E-state index is -3.86. The van der Waals surface area contributed by atoms with Crippen molar-refractivity contribution in [3.8, 4) is 17.0 Å². The molecule has 11 nitrogen and oxygen atoms in total. The van der Waals surface area contributed by atoms with Gasteiger partial charge in [-0.1, -0.05) is 31.9 Å². The van der Waals surface area contributed by atoms with Gasteiger partial charge in [0.15, 0.2) is 0 Å². The zero-order valence-electron chi connectivity index (χ0n) is 34.9. The summed E-state index contributed by atoms with van der Waals surface area (Å²) in [4.78, 5) is 32.5. The first kappa shape index (κ1) is 41.2. The number of amides is 2. The van der Waals surface area contributed by atoms with Crippen LogP contribution in [0.3, 0.4) is 0 Å². The first-order chi connectivity index (χ1) is 26.4. The minimum absolute atomic E-state index is 0.0471. The van der Waals surface area contributed by atoms with Crippen LogP contribution in [0.5, 0.6) is 5.75 Å². The molecule has 2 aromatic carbocycles. The van der Waals surface area contributed by atoms with Crippen LogP contribution in [-0.2, 0) is 16.6 Å². The number of hydrogen-bond acceptors (Lipinski definition) is 7. The number of fused-ring (bicyclic) bond motifs is 1. The van der Waals surface area contributed by atoms with Crippen molar-refractivity contribution in [1.82, 2.24) is 28.9 Å². The lowest BCUT2D eigenvalue weighted by molar-refractivity contribution is 0.0413. The molecule has 2 aliphatic rings. The first-order valence-corrected chi connectivity index (χ1v) is 21.6. The van der Waals surface area contributed by atoms with E-state index >= 15 is 0 Å². The molecule has 1 N–H and O–H groups in total. The van der Waals surface area contributed by atoms with Crippen molar-refractivity contribution in [3.05, 3.63) is 76.6 Å². The molecule has 1 aliphatic carbocycles. The molecule has 2 unspecified atom stereocenters. The molecule has 1 saturated heterocycles. The topological polar surface area (TPSA) is 119 Å². The number of methoxy groups -OCH3 is 1. The SMILES string of the molecule is C=C(Cn1c(-c2ccc(OC)cc2C)c(C2CCCCC2)c2ccc(C(=O)NS(=O)(=O)C(C)C)cc21)c1c(C(=O)N2CC(C)N(C)C(C)C2)c(C)nn1C(C)C. The summed E-state index contributed by atoms with van der Waals surface area (Å²) >= 11 is 0. The maximum Gasteiger partial charge on any atom is 0.264 e. The van der Waals surface area contributed by atoms with Crippen LogP contribution >= 0.6 is 0 Å². The van der Waals surface area contributed by atoms with Gasteiger partial charge in [-0.3, -0.25) is 19.2 Å². The number of carbonyl (C=O) groups excluding carboxylic acids is 2. The average Bonchev–Trinajstić information content (AvgIpc) is 3.67. The van der Waals surface area contributed by atoms with Gasteiger partial charge in [0.25, 0.3) is 11.8 Å². The van der Waals surface area contributed by atoms with Gasteiger partial charge >= 0.3 is 0 Å². The Morgan fingerprint density at radius 1 is 0.982 bits per heavy atom. The van der Waals surface area contributed by atoms with Gasteiger partial charge in [0.05, 0.1) is 35.0 Å². The molecule has 12 heteroatoms. The number of hydrogen-bond donors (Lipinski definition) is 1. The van der Waals surface area contributed by atoms with Gasteiger partial charge in [0.1, 0.15) is 5.75 Å². The summed E-state index contributed by atoms with van der Waals surface area (Å²) in [6.07, 6.45) is 5.52. The molecule has 56 heavy (non-hydrogen) atoms. The number of aryl methyl sites for hydroxylation is 2. The van der Waals surface area contributed by atoms with Crippen molar-refractivity contribution in [2.45, 2.75) is 123 Å². The predicted molar refractivity (Wildman–Crippen MR) is 225 cm³/mol. The van der Waals surface area contributed by atoms with E-state index in [4.69, 9.17) is 16.4 Å². The molecule has 0 radical (unpaired) electrons. The number of likely N-dealkylation sites (N-methyl/N-ethyl adjacent to an activating group) is 1. The van der Waals surface area contributed by atoms with Crippen molar-refractivity contribution < 1.29 is 22.7 Å². The molecule has 0 bridgehead atoms. The molecule has 2 atom stereocenters. The standard InChI is InChI=1S/C44H60N6O5S/c1-26(2)50-41(39(32(9)45-50)44(52)48-24-30(7)47(10)31(8)25-48)29(6)23-49-38-22-34(43(51)46-56(53,54)27(3)4)17-19-37(38)40(33-15-13-12-14-16-33)42(49)36-20-18-35(55-11)21-28(36)5/h17-22,26-27,30-31,33H,6,12-16,23-25H2,1-5,7-11H3,(H,46,51). The molecular formula is C44H60N6O5S. The fraction of sp³-hybridized carbons (Fsp3) is 0.523. The number of rotatable bonds is 11. The number of piperazine rings is 1. The third kappa shape index (κ3) is 7.79. The lowest BCUT2D eigenvalue weighted by Gasteiger charge is -2.42. The van der Waals surface area contributed by atoms with Gasteiger partial charge < -0.3 is 14.2 Å². The molecule has 3 heterocycles. The zero-order valence-corrected chi connectivity index (χ0v) is 35.7. The Hall–Kier alpha value is -4.42. The van der Waals surface area contributed by atoms with E-state index in [9.17, 15) is 18.0 Å². The number of nitrogens with one attached hydrogen (secondary N) is 1. The fourth-order valence-electron chi connectivity index (χ4n) is 8.62. The maximum atomic E-state index is 14.6. The number of sulfonamides is 1. The molecule has 1 aliphatic heterocycles. The lowest BCUT2D eigenvalue weighted by atomic mass is 9.81. The van der Waals surface area contributed by atoms with E-state index in [0.29, 0.717) is 36.6 Å². The normalized spacial score (nSPS) is 18.6. The van der Waals surface area contributed by atoms with E-state index in [0.717, 1.165) is 64.7 Å². The van der Waals surface area contributed by atoms with Crippen LogP contribution in [0.1, 0.15) is 129 Å². The minimum Gasteiger partial charge on any atom is -0.497 e. The highest BCUT2D eigenvalue weighted by molar-refractivity contribution is 7.90. The molecule has 302 valence electrons. The van der Waals surface area contributed by atoms with Crippen LogP contribution in [0.15, 0.2) is 43.0 Å². The molecule has 0 spiro atoms. The molecule has 2 aromatic heterocycles. The smallest absolute Gasteiger partial charge is 0.264 e. The van der Waals surface area contributed by atoms with E-state index in [-0.39, 0.29) is 35.5 Å². The van der Waals surface area contributed by atoms with E-state index in [2.05, 4.69) is 61.9 Å². The average molecular weight is 785 g/mol. The summed E-state index contributed by atoms with van der Waals surface area (Å²) in [5.41, 5.74) is 8.02. The Balaban J connectivity index is 1.58. The van der Waals surface area contributed by atoms with Crippen LogP contribution in [0.2, 0.25) is 0 Å². The molecule has 2 amide bonds. The van der Waals surface area contributed by atoms with Gasteiger partial charge in [0.2, 0.25) is 10.0 Å². The van der Waals surface area contributed by atoms with E-state index < -0.39 is 21.2 Å². The van der Waals surface area contributed by atoms with Gasteiger partial charge in [-0.2, -0.15) is 5.10 Å². The maximum absolute atomic E-state index is 14.6. The van der Waals surface area contributed by atoms with Crippen molar-refractivity contribution in [3.63, 3.8) is 0 Å². The van der Waals surface area contributed by atoms with Crippen LogP contribution in [0, 0.1) is 13.8 Å². The molecule has 6 rings (SSSR count). The highest BCUT2D eigenvalue weighted by Gasteiger charge is 2.35. The number of benzene rings is 2. The fourth-order valence-corrected chi connectivity index (χ4v) is 9.23. The van der Waals surface area contributed by atoms with Gasteiger partial charge in [0, 0.05) is 59.8 Å². The van der Waals surface area contributed by atoms with Gasteiger partial charge in [-0.15, -0.1) is 0 Å². The largest absolute Gasteiger partial charge is 0.497 e. The summed E-state index contributed by atoms with van der Waals surface area (Å²) < 4.78 is 37.7. The lowest BCUT2D eigenvalue weighted by Crippen LogP contribution is -2.56. The summed E-state index contributed by atoms with van der Waals surface area (Å²) in [5.74, 6) is 0.314. The monoisotopic (exact) mass is 784 g/mol. The first-order valence-electron chi connectivity index (χ1n) is 20.1. The summed E-state index contributed by atoms with van der Waals surface area (Å²) in [7, 11) is -0.0921. The Bertz CT molecular complexity index is 2250. The number of nitrogens with zero attached hydrogens (tertiary/aromatic N) is 5. The van der Waals surface area contributed by atoms with Crippen molar-refractivity contribution in [2.24, 2.45) is 0 Å². The Kier molecular flexibility index (Phi) is 11.9. The van der Waals surface area contributed by atoms with Crippen molar-refractivity contribution >= 4 is 38.3 Å². The second-order valence-corrected chi connectivity index (χ2v) is 18.9. The molecular weight excluding hydrogens is 725 g/mol. The zero-order chi connectivity index (χ0) is 40.8. The molecule has 2 fully saturated rings. The number of aromatic nitrogens is 3. The summed E-state index contributed by atoms with van der Waals surface area (Å²) in [5, 5.41) is 5.19. The predicted octanol–water partition coefficient (Wildman–Crippen LogP) is 8.10. The summed E-state index contributed by atoms with van der Waals surface area (Å²) in [6, 6.07) is 12.0. The van der Waals surface area contributed by atoms with Gasteiger partial charge in [-0.05, 0) is 128 Å². The Morgan fingerprint density at radius 3 is 2.23 bits per heavy atom. The highest BCUT2D eigenvalue weighted by Crippen LogP contribution is 2.46. The van der Waals surface area contributed by atoms with Gasteiger partial charge in [-0.25, -0.2) is 13.1 Å². The number of ether oxygens (including phenoxy) is 1. The van der Waals surface area contributed by atoms with Crippen LogP contribution in [0.4, 0.5) is 0 Å². The van der Waals surface area contributed by atoms with Crippen LogP contribution in [-0.4, -0.2) is 89.0 Å². The molecule has 4 aromatic rings. The molecule has 1 saturated carbocycles. The Morgan fingerprint density at radius 2 is 1.64 bits per heavy atom. The summed E-state index contributed by atoms with van der Waals surface area (Å²) in [6.45, 7) is 21.7. The highest BCUT2D eigenvalue weighted by atomic mass is 32.2. The van der Waals surface area contributed by atoms with Crippen molar-refractivity contribution in [2.75, 3.05) is 27.2 Å². The quantitative estimate of drug-likeness (QED) is 0.163. The number of allylic oxidation sites excluding steroid dienone is 1. The Labute approximate surface area is 333 Å². The third-order valence-electron chi connectivity index (χ3n) is 12.0. The van der Waals surface area contributed by atoms with E-state index in [1.165, 1.54) is 12.0 Å². The van der Waals surface area contributed by atoms with E-state index in [1.807, 2.05) is 40.8 Å². The van der Waals surface area contributed by atoms with Crippen LogP contribution in [0.25, 0.3) is 27.7 Å².